The van der Waals surface area contributed by atoms with E-state index in [-0.39, 0.29) is 17.0 Å². The summed E-state index contributed by atoms with van der Waals surface area (Å²) in [6.45, 7) is 0. The SMILES string of the molecule is COc1cccc(N2C(=O)C(c3ccc([N+](=O)[O-])cc3)=C(N(C)c3ccccc3)C2=O)c1. The highest BCUT2D eigenvalue weighted by atomic mass is 16.6. The van der Waals surface area contributed by atoms with Gasteiger partial charge in [-0.3, -0.25) is 19.7 Å². The third-order valence-electron chi connectivity index (χ3n) is 5.22. The van der Waals surface area contributed by atoms with Crippen LogP contribution in [-0.2, 0) is 9.59 Å². The van der Waals surface area contributed by atoms with E-state index in [1.165, 1.54) is 31.4 Å². The molecule has 1 heterocycles. The molecule has 8 heteroatoms. The van der Waals surface area contributed by atoms with Gasteiger partial charge in [0.05, 0.1) is 23.3 Å². The van der Waals surface area contributed by atoms with Crippen LogP contribution in [0.1, 0.15) is 5.56 Å². The Morgan fingerprint density at radius 1 is 0.906 bits per heavy atom. The predicted octanol–water partition coefficient (Wildman–Crippen LogP) is 4.02. The van der Waals surface area contributed by atoms with E-state index in [9.17, 15) is 19.7 Å². The van der Waals surface area contributed by atoms with Crippen LogP contribution in [0.2, 0.25) is 0 Å². The number of para-hydroxylation sites is 1. The molecule has 4 rings (SSSR count). The highest BCUT2D eigenvalue weighted by Crippen LogP contribution is 2.37. The van der Waals surface area contributed by atoms with Crippen molar-refractivity contribution in [1.82, 2.24) is 0 Å². The molecule has 8 nitrogen and oxygen atoms in total. The minimum absolute atomic E-state index is 0.103. The number of imide groups is 1. The molecule has 0 fully saturated rings. The highest BCUT2D eigenvalue weighted by Gasteiger charge is 2.42. The van der Waals surface area contributed by atoms with Gasteiger partial charge in [-0.2, -0.15) is 0 Å². The molecule has 0 spiro atoms. The van der Waals surface area contributed by atoms with Crippen LogP contribution in [-0.4, -0.2) is 30.9 Å². The second-order valence-corrected chi connectivity index (χ2v) is 7.07. The minimum Gasteiger partial charge on any atom is -0.497 e. The normalized spacial score (nSPS) is 13.5. The Balaban J connectivity index is 1.86. The fraction of sp³-hybridized carbons (Fsp3) is 0.0833. The smallest absolute Gasteiger partial charge is 0.282 e. The summed E-state index contributed by atoms with van der Waals surface area (Å²) in [5.41, 5.74) is 1.74. The summed E-state index contributed by atoms with van der Waals surface area (Å²) in [7, 11) is 3.21. The summed E-state index contributed by atoms with van der Waals surface area (Å²) < 4.78 is 5.24. The lowest BCUT2D eigenvalue weighted by atomic mass is 10.0. The van der Waals surface area contributed by atoms with Gasteiger partial charge >= 0.3 is 0 Å². The van der Waals surface area contributed by atoms with Gasteiger partial charge in [0.2, 0.25) is 0 Å². The first kappa shape index (κ1) is 20.8. The van der Waals surface area contributed by atoms with E-state index < -0.39 is 16.7 Å². The molecule has 32 heavy (non-hydrogen) atoms. The highest BCUT2D eigenvalue weighted by molar-refractivity contribution is 6.46. The number of carbonyl (C=O) groups excluding carboxylic acids is 2. The van der Waals surface area contributed by atoms with Gasteiger partial charge in [0.1, 0.15) is 11.4 Å². The summed E-state index contributed by atoms with van der Waals surface area (Å²) in [6.07, 6.45) is 0. The second kappa shape index (κ2) is 8.35. The first-order chi connectivity index (χ1) is 15.4. The standard InChI is InChI=1S/C24H19N3O5/c1-25(17-7-4-3-5-8-17)22-21(16-11-13-18(14-12-16)27(30)31)23(28)26(24(22)29)19-9-6-10-20(15-19)32-2/h3-15H,1-2H3. The van der Waals surface area contributed by atoms with Gasteiger partial charge in [-0.25, -0.2) is 4.90 Å². The Morgan fingerprint density at radius 2 is 1.59 bits per heavy atom. The maximum atomic E-state index is 13.5. The summed E-state index contributed by atoms with van der Waals surface area (Å²) in [4.78, 5) is 40.3. The number of amides is 2. The number of hydrogen-bond acceptors (Lipinski definition) is 6. The van der Waals surface area contributed by atoms with Crippen LogP contribution in [0.4, 0.5) is 17.1 Å². The fourth-order valence-corrected chi connectivity index (χ4v) is 3.60. The summed E-state index contributed by atoms with van der Waals surface area (Å²) in [5, 5.41) is 11.0. The topological polar surface area (TPSA) is 93.0 Å². The van der Waals surface area contributed by atoms with E-state index in [4.69, 9.17) is 4.74 Å². The number of anilines is 2. The molecule has 160 valence electrons. The maximum Gasteiger partial charge on any atom is 0.282 e. The molecule has 3 aromatic carbocycles. The van der Waals surface area contributed by atoms with Crippen molar-refractivity contribution in [1.29, 1.82) is 0 Å². The summed E-state index contributed by atoms with van der Waals surface area (Å²) in [6, 6.07) is 21.4. The van der Waals surface area contributed by atoms with E-state index in [1.807, 2.05) is 30.3 Å². The fourth-order valence-electron chi connectivity index (χ4n) is 3.60. The van der Waals surface area contributed by atoms with E-state index in [2.05, 4.69) is 0 Å². The quantitative estimate of drug-likeness (QED) is 0.334. The van der Waals surface area contributed by atoms with Crippen molar-refractivity contribution in [3.8, 4) is 5.75 Å². The Morgan fingerprint density at radius 3 is 2.22 bits per heavy atom. The van der Waals surface area contributed by atoms with Crippen LogP contribution in [0.5, 0.6) is 5.75 Å². The molecular formula is C24H19N3O5. The van der Waals surface area contributed by atoms with Gasteiger partial charge < -0.3 is 9.64 Å². The lowest BCUT2D eigenvalue weighted by Gasteiger charge is -2.21. The molecule has 1 aliphatic rings. The minimum atomic E-state index is -0.519. The van der Waals surface area contributed by atoms with Gasteiger partial charge in [0.25, 0.3) is 17.5 Å². The first-order valence-corrected chi connectivity index (χ1v) is 9.73. The molecule has 1 aliphatic heterocycles. The van der Waals surface area contributed by atoms with Crippen LogP contribution >= 0.6 is 0 Å². The third-order valence-corrected chi connectivity index (χ3v) is 5.22. The van der Waals surface area contributed by atoms with E-state index in [1.54, 1.807) is 36.2 Å². The molecule has 2 amide bonds. The number of likely N-dealkylation sites (N-methyl/N-ethyl adjacent to an activating group) is 1. The van der Waals surface area contributed by atoms with Crippen molar-refractivity contribution in [2.24, 2.45) is 0 Å². The average Bonchev–Trinajstić information content (AvgIpc) is 3.09. The molecule has 0 N–H and O–H groups in total. The number of nitrogens with zero attached hydrogens (tertiary/aromatic N) is 3. The molecule has 0 bridgehead atoms. The van der Waals surface area contributed by atoms with E-state index in [0.29, 0.717) is 17.0 Å². The maximum absolute atomic E-state index is 13.5. The number of benzene rings is 3. The average molecular weight is 429 g/mol. The zero-order chi connectivity index (χ0) is 22.8. The van der Waals surface area contributed by atoms with Gasteiger partial charge in [-0.15, -0.1) is 0 Å². The zero-order valence-electron chi connectivity index (χ0n) is 17.4. The van der Waals surface area contributed by atoms with E-state index >= 15 is 0 Å². The number of nitro benzene ring substituents is 1. The van der Waals surface area contributed by atoms with Crippen molar-refractivity contribution in [2.75, 3.05) is 24.0 Å². The largest absolute Gasteiger partial charge is 0.497 e. The molecule has 0 saturated heterocycles. The number of non-ortho nitro benzene ring substituents is 1. The van der Waals surface area contributed by atoms with Gasteiger partial charge in [-0.1, -0.05) is 24.3 Å². The molecule has 0 radical (unpaired) electrons. The van der Waals surface area contributed by atoms with Crippen LogP contribution < -0.4 is 14.5 Å². The lowest BCUT2D eigenvalue weighted by Crippen LogP contribution is -2.34. The lowest BCUT2D eigenvalue weighted by molar-refractivity contribution is -0.384. The Bertz CT molecular complexity index is 1240. The number of methoxy groups -OCH3 is 1. The molecule has 0 saturated carbocycles. The molecular weight excluding hydrogens is 410 g/mol. The van der Waals surface area contributed by atoms with Crippen LogP contribution in [0, 0.1) is 10.1 Å². The molecule has 0 aliphatic carbocycles. The van der Waals surface area contributed by atoms with Gasteiger partial charge in [0, 0.05) is 30.9 Å². The number of nitro groups is 1. The molecule has 0 atom stereocenters. The van der Waals surface area contributed by atoms with Crippen LogP contribution in [0.3, 0.4) is 0 Å². The first-order valence-electron chi connectivity index (χ1n) is 9.73. The monoisotopic (exact) mass is 429 g/mol. The van der Waals surface area contributed by atoms with Crippen molar-refractivity contribution in [3.63, 3.8) is 0 Å². The summed E-state index contributed by atoms with van der Waals surface area (Å²) >= 11 is 0. The number of carbonyl (C=O) groups is 2. The van der Waals surface area contributed by atoms with Crippen molar-refractivity contribution >= 4 is 34.4 Å². The third kappa shape index (κ3) is 3.58. The molecule has 3 aromatic rings. The Kier molecular flexibility index (Phi) is 5.43. The Hall–Kier alpha value is -4.46. The van der Waals surface area contributed by atoms with E-state index in [0.717, 1.165) is 10.6 Å². The number of rotatable bonds is 6. The second-order valence-electron chi connectivity index (χ2n) is 7.07. The van der Waals surface area contributed by atoms with Crippen LogP contribution in [0.25, 0.3) is 5.57 Å². The van der Waals surface area contributed by atoms with Gasteiger partial charge in [0.15, 0.2) is 0 Å². The van der Waals surface area contributed by atoms with Gasteiger partial charge in [-0.05, 0) is 42.0 Å². The van der Waals surface area contributed by atoms with Crippen molar-refractivity contribution < 1.29 is 19.2 Å². The zero-order valence-corrected chi connectivity index (χ0v) is 17.4. The molecule has 0 unspecified atom stereocenters. The number of hydrogen-bond donors (Lipinski definition) is 0. The number of ether oxygens (including phenoxy) is 1. The van der Waals surface area contributed by atoms with Crippen molar-refractivity contribution in [3.05, 3.63) is 100 Å². The molecule has 0 aromatic heterocycles. The van der Waals surface area contributed by atoms with Crippen LogP contribution in [0.15, 0.2) is 84.6 Å². The summed E-state index contributed by atoms with van der Waals surface area (Å²) in [5.74, 6) is -0.511. The predicted molar refractivity (Wildman–Crippen MR) is 120 cm³/mol. The Labute approximate surface area is 184 Å². The van der Waals surface area contributed by atoms with Crippen molar-refractivity contribution in [2.45, 2.75) is 0 Å².